The molecule has 0 atom stereocenters. The molecule has 2 aromatic rings. The largest absolute Gasteiger partial charge is 0.312 e. The van der Waals surface area contributed by atoms with Gasteiger partial charge in [0.1, 0.15) is 0 Å². The molecule has 150 valence electrons. The normalized spacial score (nSPS) is 14.3. The first-order valence-electron chi connectivity index (χ1n) is 9.85. The third-order valence-electron chi connectivity index (χ3n) is 4.86. The van der Waals surface area contributed by atoms with Crippen molar-refractivity contribution in [3.63, 3.8) is 0 Å². The van der Waals surface area contributed by atoms with Gasteiger partial charge in [-0.05, 0) is 66.6 Å². The van der Waals surface area contributed by atoms with Crippen molar-refractivity contribution in [1.29, 1.82) is 0 Å². The number of carbonyl (C=O) groups is 1. The number of nitrogens with one attached hydrogen (secondary N) is 1. The molecule has 0 radical (unpaired) electrons. The number of fused-ring (bicyclic) bond motifs is 1. The standard InChI is InChI=1S/C22H28N2O3S/c1-4-13-24-21-11-8-19(15-18(21)7-12-22(24)25)23-28(26,27)20-9-5-17(6-10-20)14-16(2)3/h5-6,8-11,15-16,23H,4,7,12-14H2,1-3H3. The number of benzene rings is 2. The number of nitrogens with zero attached hydrogens (tertiary/aromatic N) is 1. The lowest BCUT2D eigenvalue weighted by Gasteiger charge is -2.29. The SMILES string of the molecule is CCCN1C(=O)CCc2cc(NS(=O)(=O)c3ccc(CC(C)C)cc3)ccc21. The van der Waals surface area contributed by atoms with E-state index in [1.54, 1.807) is 23.1 Å². The monoisotopic (exact) mass is 400 g/mol. The predicted octanol–water partition coefficient (Wildman–Crippen LogP) is 4.38. The summed E-state index contributed by atoms with van der Waals surface area (Å²) in [5.41, 5.74) is 3.54. The van der Waals surface area contributed by atoms with Crippen molar-refractivity contribution in [2.75, 3.05) is 16.2 Å². The predicted molar refractivity (Wildman–Crippen MR) is 113 cm³/mol. The van der Waals surface area contributed by atoms with Crippen molar-refractivity contribution >= 4 is 27.3 Å². The smallest absolute Gasteiger partial charge is 0.261 e. The summed E-state index contributed by atoms with van der Waals surface area (Å²) in [6, 6.07) is 12.5. The number of rotatable bonds is 7. The molecule has 0 saturated carbocycles. The van der Waals surface area contributed by atoms with Crippen molar-refractivity contribution in [1.82, 2.24) is 0 Å². The molecule has 0 unspecified atom stereocenters. The molecular weight excluding hydrogens is 372 g/mol. The second-order valence-corrected chi connectivity index (χ2v) is 9.42. The van der Waals surface area contributed by atoms with Crippen LogP contribution in [-0.2, 0) is 27.7 Å². The molecular formula is C22H28N2O3S. The van der Waals surface area contributed by atoms with Crippen molar-refractivity contribution in [2.45, 2.75) is 51.3 Å². The van der Waals surface area contributed by atoms with Crippen molar-refractivity contribution in [3.05, 3.63) is 53.6 Å². The Labute approximate surface area is 167 Å². The van der Waals surface area contributed by atoms with E-state index in [0.717, 1.165) is 29.7 Å². The number of hydrogen-bond acceptors (Lipinski definition) is 3. The Kier molecular flexibility index (Phi) is 6.08. The van der Waals surface area contributed by atoms with Crippen LogP contribution in [0.15, 0.2) is 47.4 Å². The second kappa shape index (κ2) is 8.35. The van der Waals surface area contributed by atoms with E-state index in [-0.39, 0.29) is 10.8 Å². The van der Waals surface area contributed by atoms with Gasteiger partial charge in [-0.1, -0.05) is 32.9 Å². The number of amides is 1. The lowest BCUT2D eigenvalue weighted by Crippen LogP contribution is -2.35. The summed E-state index contributed by atoms with van der Waals surface area (Å²) in [6.45, 7) is 6.99. The summed E-state index contributed by atoms with van der Waals surface area (Å²) in [7, 11) is -3.65. The highest BCUT2D eigenvalue weighted by molar-refractivity contribution is 7.92. The van der Waals surface area contributed by atoms with Crippen LogP contribution in [0.1, 0.15) is 44.7 Å². The Morgan fingerprint density at radius 1 is 1.07 bits per heavy atom. The molecule has 28 heavy (non-hydrogen) atoms. The number of anilines is 2. The Morgan fingerprint density at radius 3 is 2.43 bits per heavy atom. The molecule has 1 heterocycles. The Bertz CT molecular complexity index is 950. The molecule has 5 nitrogen and oxygen atoms in total. The number of carbonyl (C=O) groups excluding carboxylic acids is 1. The van der Waals surface area contributed by atoms with E-state index >= 15 is 0 Å². The van der Waals surface area contributed by atoms with Crippen LogP contribution in [0.4, 0.5) is 11.4 Å². The van der Waals surface area contributed by atoms with Crippen molar-refractivity contribution in [3.8, 4) is 0 Å². The highest BCUT2D eigenvalue weighted by Gasteiger charge is 2.24. The van der Waals surface area contributed by atoms with E-state index < -0.39 is 10.0 Å². The summed E-state index contributed by atoms with van der Waals surface area (Å²) < 4.78 is 28.2. The zero-order valence-electron chi connectivity index (χ0n) is 16.7. The quantitative estimate of drug-likeness (QED) is 0.750. The van der Waals surface area contributed by atoms with Gasteiger partial charge < -0.3 is 4.90 Å². The van der Waals surface area contributed by atoms with Gasteiger partial charge >= 0.3 is 0 Å². The zero-order chi connectivity index (χ0) is 20.3. The molecule has 0 saturated heterocycles. The average Bonchev–Trinajstić information content (AvgIpc) is 2.64. The maximum absolute atomic E-state index is 12.7. The molecule has 0 aliphatic carbocycles. The lowest BCUT2D eigenvalue weighted by atomic mass is 10.0. The van der Waals surface area contributed by atoms with Crippen molar-refractivity contribution in [2.24, 2.45) is 5.92 Å². The molecule has 1 aliphatic heterocycles. The van der Waals surface area contributed by atoms with E-state index in [0.29, 0.717) is 31.0 Å². The first kappa shape index (κ1) is 20.4. The molecule has 0 spiro atoms. The summed E-state index contributed by atoms with van der Waals surface area (Å²) in [5, 5.41) is 0. The van der Waals surface area contributed by atoms with Gasteiger partial charge in [0.15, 0.2) is 0 Å². The number of aryl methyl sites for hydroxylation is 1. The highest BCUT2D eigenvalue weighted by atomic mass is 32.2. The van der Waals surface area contributed by atoms with E-state index in [1.807, 2.05) is 31.2 Å². The topological polar surface area (TPSA) is 66.5 Å². The van der Waals surface area contributed by atoms with Crippen LogP contribution in [-0.4, -0.2) is 20.9 Å². The van der Waals surface area contributed by atoms with Crippen LogP contribution in [0.3, 0.4) is 0 Å². The fraction of sp³-hybridized carbons (Fsp3) is 0.409. The molecule has 1 amide bonds. The fourth-order valence-electron chi connectivity index (χ4n) is 3.58. The van der Waals surface area contributed by atoms with Gasteiger partial charge in [-0.25, -0.2) is 8.42 Å². The maximum Gasteiger partial charge on any atom is 0.261 e. The third kappa shape index (κ3) is 4.55. The summed E-state index contributed by atoms with van der Waals surface area (Å²) >= 11 is 0. The van der Waals surface area contributed by atoms with Crippen LogP contribution in [0, 0.1) is 5.92 Å². The van der Waals surface area contributed by atoms with Crippen LogP contribution < -0.4 is 9.62 Å². The minimum absolute atomic E-state index is 0.129. The average molecular weight is 401 g/mol. The molecule has 1 aliphatic rings. The third-order valence-corrected chi connectivity index (χ3v) is 6.25. The van der Waals surface area contributed by atoms with E-state index in [4.69, 9.17) is 0 Å². The Balaban J connectivity index is 1.80. The molecule has 0 bridgehead atoms. The number of sulfonamides is 1. The second-order valence-electron chi connectivity index (χ2n) is 7.74. The van der Waals surface area contributed by atoms with E-state index in [9.17, 15) is 13.2 Å². The van der Waals surface area contributed by atoms with Gasteiger partial charge in [0.25, 0.3) is 10.0 Å². The van der Waals surface area contributed by atoms with E-state index in [1.165, 1.54) is 0 Å². The molecule has 0 aromatic heterocycles. The first-order chi connectivity index (χ1) is 13.3. The molecule has 0 fully saturated rings. The molecule has 3 rings (SSSR count). The summed E-state index contributed by atoms with van der Waals surface area (Å²) in [5.74, 6) is 0.652. The summed E-state index contributed by atoms with van der Waals surface area (Å²) in [6.07, 6.45) is 2.90. The summed E-state index contributed by atoms with van der Waals surface area (Å²) in [4.78, 5) is 14.2. The number of hydrogen-bond donors (Lipinski definition) is 1. The van der Waals surface area contributed by atoms with Crippen LogP contribution >= 0.6 is 0 Å². The van der Waals surface area contributed by atoms with Gasteiger partial charge in [-0.3, -0.25) is 9.52 Å². The van der Waals surface area contributed by atoms with Crippen molar-refractivity contribution < 1.29 is 13.2 Å². The molecule has 6 heteroatoms. The van der Waals surface area contributed by atoms with Crippen LogP contribution in [0.2, 0.25) is 0 Å². The van der Waals surface area contributed by atoms with Crippen LogP contribution in [0.25, 0.3) is 0 Å². The zero-order valence-corrected chi connectivity index (χ0v) is 17.6. The van der Waals surface area contributed by atoms with Gasteiger partial charge in [-0.15, -0.1) is 0 Å². The van der Waals surface area contributed by atoms with Crippen LogP contribution in [0.5, 0.6) is 0 Å². The molecule has 2 aromatic carbocycles. The minimum Gasteiger partial charge on any atom is -0.312 e. The maximum atomic E-state index is 12.7. The van der Waals surface area contributed by atoms with E-state index in [2.05, 4.69) is 18.6 Å². The Morgan fingerprint density at radius 2 is 1.79 bits per heavy atom. The lowest BCUT2D eigenvalue weighted by molar-refractivity contribution is -0.118. The van der Waals surface area contributed by atoms with Gasteiger partial charge in [-0.2, -0.15) is 0 Å². The minimum atomic E-state index is -3.65. The van der Waals surface area contributed by atoms with Gasteiger partial charge in [0.05, 0.1) is 4.90 Å². The van der Waals surface area contributed by atoms with Gasteiger partial charge in [0, 0.05) is 24.3 Å². The fourth-order valence-corrected chi connectivity index (χ4v) is 4.63. The molecule has 1 N–H and O–H groups in total. The van der Waals surface area contributed by atoms with Gasteiger partial charge in [0.2, 0.25) is 5.91 Å². The highest BCUT2D eigenvalue weighted by Crippen LogP contribution is 2.31. The first-order valence-corrected chi connectivity index (χ1v) is 11.3. The Hall–Kier alpha value is -2.34.